The van der Waals surface area contributed by atoms with Crippen LogP contribution in [0.5, 0.6) is 5.75 Å². The lowest BCUT2D eigenvalue weighted by Gasteiger charge is -2.38. The second kappa shape index (κ2) is 8.94. The lowest BCUT2D eigenvalue weighted by Crippen LogP contribution is -2.36. The molecule has 1 unspecified atom stereocenters. The van der Waals surface area contributed by atoms with Crippen LogP contribution in [0.3, 0.4) is 0 Å². The van der Waals surface area contributed by atoms with Crippen LogP contribution in [-0.2, 0) is 9.47 Å². The smallest absolute Gasteiger partial charge is 0.341 e. The van der Waals surface area contributed by atoms with Crippen LogP contribution in [0, 0.1) is 0 Å². The summed E-state index contributed by atoms with van der Waals surface area (Å²) in [5, 5.41) is 9.61. The first-order valence-electron chi connectivity index (χ1n) is 11.7. The SMILES string of the molecule is COCCCOc1cc2c(cc1-c1cccnc1)-c1cc(=O)c(C(=O)O)cn1C1[C@@H]2COC1(C)C. The number of carboxylic acid groups (broad SMARTS) is 1. The maximum absolute atomic E-state index is 12.7. The fourth-order valence-corrected chi connectivity index (χ4v) is 5.29. The average Bonchev–Trinajstić information content (AvgIpc) is 3.17. The van der Waals surface area contributed by atoms with Crippen molar-refractivity contribution in [1.29, 1.82) is 0 Å². The number of pyridine rings is 2. The highest BCUT2D eigenvalue weighted by Gasteiger charge is 2.49. The molecule has 5 rings (SSSR count). The summed E-state index contributed by atoms with van der Waals surface area (Å²) in [6.45, 7) is 5.57. The van der Waals surface area contributed by atoms with E-state index >= 15 is 0 Å². The Hall–Kier alpha value is -3.49. The minimum Gasteiger partial charge on any atom is -0.493 e. The highest BCUT2D eigenvalue weighted by molar-refractivity contribution is 5.88. The molecular formula is C27H28N2O6. The highest BCUT2D eigenvalue weighted by atomic mass is 16.5. The van der Waals surface area contributed by atoms with Crippen molar-refractivity contribution in [3.63, 3.8) is 0 Å². The second-order valence-electron chi connectivity index (χ2n) is 9.49. The third-order valence-corrected chi connectivity index (χ3v) is 6.89. The number of hydrogen-bond donors (Lipinski definition) is 1. The molecule has 182 valence electrons. The Labute approximate surface area is 203 Å². The molecule has 4 heterocycles. The lowest BCUT2D eigenvalue weighted by molar-refractivity contribution is 0.0145. The summed E-state index contributed by atoms with van der Waals surface area (Å²) in [5.74, 6) is -0.532. The fourth-order valence-electron chi connectivity index (χ4n) is 5.29. The van der Waals surface area contributed by atoms with Crippen molar-refractivity contribution in [3.05, 3.63) is 70.3 Å². The Morgan fingerprint density at radius 1 is 1.26 bits per heavy atom. The summed E-state index contributed by atoms with van der Waals surface area (Å²) >= 11 is 0. The summed E-state index contributed by atoms with van der Waals surface area (Å²) in [7, 11) is 1.66. The van der Waals surface area contributed by atoms with Crippen molar-refractivity contribution in [2.24, 2.45) is 0 Å². The number of fused-ring (bicyclic) bond motifs is 6. The number of nitrogens with zero attached hydrogens (tertiary/aromatic N) is 2. The normalized spacial score (nSPS) is 19.5. The van der Waals surface area contributed by atoms with E-state index in [1.54, 1.807) is 19.5 Å². The number of aromatic carboxylic acids is 1. The van der Waals surface area contributed by atoms with E-state index in [9.17, 15) is 14.7 Å². The predicted molar refractivity (Wildman–Crippen MR) is 130 cm³/mol. The average molecular weight is 477 g/mol. The van der Waals surface area contributed by atoms with Crippen LogP contribution in [0.1, 0.15) is 48.1 Å². The van der Waals surface area contributed by atoms with Crippen LogP contribution in [-0.4, -0.2) is 53.2 Å². The minimum absolute atomic E-state index is 0.0269. The maximum Gasteiger partial charge on any atom is 0.341 e. The van der Waals surface area contributed by atoms with Gasteiger partial charge in [0.25, 0.3) is 0 Å². The molecule has 8 heteroatoms. The van der Waals surface area contributed by atoms with Gasteiger partial charge < -0.3 is 23.9 Å². The van der Waals surface area contributed by atoms with Gasteiger partial charge in [-0.15, -0.1) is 0 Å². The molecule has 2 aliphatic rings. The lowest BCUT2D eigenvalue weighted by atomic mass is 9.78. The first kappa shape index (κ1) is 23.3. The van der Waals surface area contributed by atoms with Gasteiger partial charge in [0, 0.05) is 67.4 Å². The molecular weight excluding hydrogens is 448 g/mol. The van der Waals surface area contributed by atoms with E-state index in [4.69, 9.17) is 14.2 Å². The Kier molecular flexibility index (Phi) is 5.94. The first-order valence-corrected chi connectivity index (χ1v) is 11.7. The van der Waals surface area contributed by atoms with Gasteiger partial charge in [0.05, 0.1) is 30.6 Å². The van der Waals surface area contributed by atoms with Crippen molar-refractivity contribution in [1.82, 2.24) is 9.55 Å². The Balaban J connectivity index is 1.73. The Bertz CT molecular complexity index is 1330. The van der Waals surface area contributed by atoms with E-state index in [-0.39, 0.29) is 17.5 Å². The summed E-state index contributed by atoms with van der Waals surface area (Å²) < 4.78 is 19.5. The molecule has 0 saturated carbocycles. The molecule has 0 amide bonds. The summed E-state index contributed by atoms with van der Waals surface area (Å²) in [5.41, 5.74) is 2.99. The van der Waals surface area contributed by atoms with Gasteiger partial charge in [-0.3, -0.25) is 9.78 Å². The summed E-state index contributed by atoms with van der Waals surface area (Å²) in [4.78, 5) is 28.8. The zero-order valence-electron chi connectivity index (χ0n) is 20.0. The highest BCUT2D eigenvalue weighted by Crippen LogP contribution is 2.54. The monoisotopic (exact) mass is 476 g/mol. The Morgan fingerprint density at radius 3 is 2.80 bits per heavy atom. The molecule has 3 aromatic rings. The van der Waals surface area contributed by atoms with Gasteiger partial charge in [0.2, 0.25) is 0 Å². The van der Waals surface area contributed by atoms with E-state index in [0.29, 0.717) is 25.5 Å². The molecule has 35 heavy (non-hydrogen) atoms. The van der Waals surface area contributed by atoms with Crippen LogP contribution < -0.4 is 10.2 Å². The van der Waals surface area contributed by atoms with Gasteiger partial charge in [0.1, 0.15) is 11.3 Å². The van der Waals surface area contributed by atoms with Crippen molar-refractivity contribution in [2.75, 3.05) is 26.9 Å². The zero-order chi connectivity index (χ0) is 24.7. The third kappa shape index (κ3) is 4.02. The van der Waals surface area contributed by atoms with Crippen LogP contribution >= 0.6 is 0 Å². The molecule has 0 aliphatic carbocycles. The number of carboxylic acids is 1. The quantitative estimate of drug-likeness (QED) is 0.512. The number of aromatic nitrogens is 2. The summed E-state index contributed by atoms with van der Waals surface area (Å²) in [6, 6.07) is 9.15. The molecule has 8 nitrogen and oxygen atoms in total. The number of benzene rings is 1. The van der Waals surface area contributed by atoms with Gasteiger partial charge in [0.15, 0.2) is 5.43 Å². The van der Waals surface area contributed by atoms with Crippen molar-refractivity contribution in [2.45, 2.75) is 37.8 Å². The van der Waals surface area contributed by atoms with Crippen molar-refractivity contribution < 1.29 is 24.1 Å². The van der Waals surface area contributed by atoms with Gasteiger partial charge in [-0.1, -0.05) is 6.07 Å². The van der Waals surface area contributed by atoms with Gasteiger partial charge in [-0.25, -0.2) is 4.79 Å². The maximum atomic E-state index is 12.7. The molecule has 1 aromatic carbocycles. The Morgan fingerprint density at radius 2 is 2.09 bits per heavy atom. The van der Waals surface area contributed by atoms with Crippen LogP contribution in [0.25, 0.3) is 22.4 Å². The standard InChI is InChI=1S/C27H28N2O6/c1-27(2)25-21(15-35-27)18-11-24(34-9-5-8-33-3)17(16-6-4-7-28-13-16)10-19(18)22-12-23(30)20(26(31)32)14-29(22)25/h4,6-7,10-14,21,25H,5,8-9,15H2,1-3H3,(H,31,32)/t21-,25?/m1/s1. The molecule has 0 spiro atoms. The first-order chi connectivity index (χ1) is 16.8. The molecule has 2 atom stereocenters. The number of rotatable bonds is 7. The van der Waals surface area contributed by atoms with Gasteiger partial charge >= 0.3 is 5.97 Å². The molecule has 1 fully saturated rings. The predicted octanol–water partition coefficient (Wildman–Crippen LogP) is 4.14. The molecule has 0 radical (unpaired) electrons. The van der Waals surface area contributed by atoms with Crippen LogP contribution in [0.4, 0.5) is 0 Å². The minimum atomic E-state index is -1.24. The second-order valence-corrected chi connectivity index (χ2v) is 9.49. The van der Waals surface area contributed by atoms with E-state index in [1.165, 1.54) is 12.3 Å². The van der Waals surface area contributed by atoms with Crippen LogP contribution in [0.2, 0.25) is 0 Å². The van der Waals surface area contributed by atoms with E-state index in [0.717, 1.165) is 34.4 Å². The third-order valence-electron chi connectivity index (χ3n) is 6.89. The number of methoxy groups -OCH3 is 1. The topological polar surface area (TPSA) is 99.9 Å². The largest absolute Gasteiger partial charge is 0.493 e. The van der Waals surface area contributed by atoms with E-state index in [1.807, 2.05) is 42.7 Å². The molecule has 0 bridgehead atoms. The van der Waals surface area contributed by atoms with E-state index < -0.39 is 17.0 Å². The van der Waals surface area contributed by atoms with E-state index in [2.05, 4.69) is 4.98 Å². The summed E-state index contributed by atoms with van der Waals surface area (Å²) in [6.07, 6.45) is 5.71. The molecule has 1 saturated heterocycles. The molecule has 2 aliphatic heterocycles. The van der Waals surface area contributed by atoms with Crippen molar-refractivity contribution >= 4 is 5.97 Å². The van der Waals surface area contributed by atoms with Crippen LogP contribution in [0.15, 0.2) is 53.7 Å². The number of ether oxygens (including phenoxy) is 3. The van der Waals surface area contributed by atoms with Crippen molar-refractivity contribution in [3.8, 4) is 28.1 Å². The molecule has 1 N–H and O–H groups in total. The zero-order valence-corrected chi connectivity index (χ0v) is 20.0. The number of hydrogen-bond acceptors (Lipinski definition) is 6. The van der Waals surface area contributed by atoms with Gasteiger partial charge in [-0.05, 0) is 37.6 Å². The fraction of sp³-hybridized carbons (Fsp3) is 0.370. The van der Waals surface area contributed by atoms with Gasteiger partial charge in [-0.2, -0.15) is 0 Å². The molecule has 2 aromatic heterocycles. The number of carbonyl (C=O) groups is 1.